The summed E-state index contributed by atoms with van der Waals surface area (Å²) in [6, 6.07) is 26.3. The molecule has 5 rings (SSSR count). The van der Waals surface area contributed by atoms with Crippen LogP contribution < -0.4 is 21.3 Å². The number of rotatable bonds is 13. The number of carbonyl (C=O) groups excluding carboxylic acids is 3. The fourth-order valence-corrected chi connectivity index (χ4v) is 7.19. The molecule has 2 fully saturated rings. The molecular weight excluding hydrogens is 574 g/mol. The van der Waals surface area contributed by atoms with Crippen molar-refractivity contribution in [1.82, 2.24) is 26.2 Å². The van der Waals surface area contributed by atoms with Crippen molar-refractivity contribution in [1.29, 1.82) is 0 Å². The molecule has 8 heteroatoms. The molecule has 3 aromatic carbocycles. The molecule has 0 aliphatic carbocycles. The number of benzene rings is 3. The van der Waals surface area contributed by atoms with Crippen molar-refractivity contribution in [2.24, 2.45) is 5.92 Å². The molecule has 5 atom stereocenters. The van der Waals surface area contributed by atoms with Crippen molar-refractivity contribution in [3.63, 3.8) is 0 Å². The standard InChI is InChI=1S/C38H49N5O3/c1-4-32(39-3)36(44)42-35-30(22-23-40-25-27-13-11-12-26(2)24-27)18-19-31-20-21-33(43(31)38(35)46)37(45)41-34(28-14-7-5-8-15-28)29-16-9-6-10-17-29/h5-17,24,30-35,39-40H,4,18-23,25H2,1-3H3,(H,41,45)(H,42,44). The van der Waals surface area contributed by atoms with Gasteiger partial charge >= 0.3 is 0 Å². The van der Waals surface area contributed by atoms with E-state index in [1.54, 1.807) is 7.05 Å². The molecule has 0 spiro atoms. The minimum atomic E-state index is -0.687. The Morgan fingerprint density at radius 1 is 0.891 bits per heavy atom. The highest BCUT2D eigenvalue weighted by Gasteiger charge is 2.47. The Morgan fingerprint density at radius 2 is 1.57 bits per heavy atom. The molecule has 3 amide bonds. The number of aryl methyl sites for hydroxylation is 1. The summed E-state index contributed by atoms with van der Waals surface area (Å²) in [5.74, 6) is -0.503. The van der Waals surface area contributed by atoms with Gasteiger partial charge in [0.1, 0.15) is 12.1 Å². The lowest BCUT2D eigenvalue weighted by atomic mass is 9.90. The first-order chi connectivity index (χ1) is 22.4. The number of nitrogens with zero attached hydrogens (tertiary/aromatic N) is 1. The van der Waals surface area contributed by atoms with Gasteiger partial charge in [0.25, 0.3) is 0 Å². The maximum atomic E-state index is 14.5. The maximum absolute atomic E-state index is 14.5. The zero-order valence-electron chi connectivity index (χ0n) is 27.4. The Kier molecular flexibility index (Phi) is 11.6. The highest BCUT2D eigenvalue weighted by atomic mass is 16.2. The van der Waals surface area contributed by atoms with E-state index in [4.69, 9.17) is 0 Å². The molecule has 0 saturated carbocycles. The van der Waals surface area contributed by atoms with Crippen LogP contribution in [0.15, 0.2) is 84.9 Å². The van der Waals surface area contributed by atoms with Gasteiger partial charge in [-0.3, -0.25) is 14.4 Å². The summed E-state index contributed by atoms with van der Waals surface area (Å²) < 4.78 is 0. The first kappa shape index (κ1) is 33.4. The summed E-state index contributed by atoms with van der Waals surface area (Å²) in [5.41, 5.74) is 4.42. The van der Waals surface area contributed by atoms with Gasteiger partial charge in [-0.25, -0.2) is 0 Å². The zero-order valence-corrected chi connectivity index (χ0v) is 27.4. The van der Waals surface area contributed by atoms with E-state index in [2.05, 4.69) is 52.5 Å². The van der Waals surface area contributed by atoms with Gasteiger partial charge in [-0.05, 0) is 81.6 Å². The summed E-state index contributed by atoms with van der Waals surface area (Å²) in [5, 5.41) is 13.0. The third-order valence-corrected chi connectivity index (χ3v) is 9.69. The summed E-state index contributed by atoms with van der Waals surface area (Å²) in [7, 11) is 1.77. The quantitative estimate of drug-likeness (QED) is 0.208. The predicted molar refractivity (Wildman–Crippen MR) is 182 cm³/mol. The second kappa shape index (κ2) is 16.0. The fourth-order valence-electron chi connectivity index (χ4n) is 7.19. The molecule has 2 saturated heterocycles. The van der Waals surface area contributed by atoms with Crippen molar-refractivity contribution in [3.05, 3.63) is 107 Å². The predicted octanol–water partition coefficient (Wildman–Crippen LogP) is 4.63. The van der Waals surface area contributed by atoms with Crippen LogP contribution in [0.3, 0.4) is 0 Å². The lowest BCUT2D eigenvalue weighted by Gasteiger charge is -2.33. The molecule has 2 aliphatic heterocycles. The van der Waals surface area contributed by atoms with Crippen LogP contribution in [0.2, 0.25) is 0 Å². The molecule has 4 N–H and O–H groups in total. The largest absolute Gasteiger partial charge is 0.343 e. The van der Waals surface area contributed by atoms with Gasteiger partial charge in [-0.1, -0.05) is 97.4 Å². The molecule has 0 aromatic heterocycles. The zero-order chi connectivity index (χ0) is 32.5. The minimum absolute atomic E-state index is 0.0222. The Bertz CT molecular complexity index is 1410. The highest BCUT2D eigenvalue weighted by molar-refractivity contribution is 5.94. The number of hydrogen-bond acceptors (Lipinski definition) is 5. The van der Waals surface area contributed by atoms with E-state index < -0.39 is 12.1 Å². The van der Waals surface area contributed by atoms with Gasteiger partial charge in [-0.15, -0.1) is 0 Å². The second-order valence-electron chi connectivity index (χ2n) is 12.8. The van der Waals surface area contributed by atoms with Gasteiger partial charge in [0.2, 0.25) is 17.7 Å². The number of likely N-dealkylation sites (N-methyl/N-ethyl adjacent to an activating group) is 1. The number of amides is 3. The van der Waals surface area contributed by atoms with E-state index in [1.807, 2.05) is 72.5 Å². The summed E-state index contributed by atoms with van der Waals surface area (Å²) in [4.78, 5) is 43.7. The van der Waals surface area contributed by atoms with Gasteiger partial charge < -0.3 is 26.2 Å². The van der Waals surface area contributed by atoms with Crippen LogP contribution in [0.1, 0.15) is 73.7 Å². The van der Waals surface area contributed by atoms with E-state index in [1.165, 1.54) is 11.1 Å². The van der Waals surface area contributed by atoms with Crippen molar-refractivity contribution in [3.8, 4) is 0 Å². The molecule has 5 unspecified atom stereocenters. The van der Waals surface area contributed by atoms with Gasteiger partial charge in [0.15, 0.2) is 0 Å². The lowest BCUT2D eigenvalue weighted by Crippen LogP contribution is -2.58. The fraction of sp³-hybridized carbons (Fsp3) is 0.447. The van der Waals surface area contributed by atoms with E-state index in [9.17, 15) is 14.4 Å². The van der Waals surface area contributed by atoms with Crippen molar-refractivity contribution in [2.75, 3.05) is 13.6 Å². The Hall–Kier alpha value is -4.01. The maximum Gasteiger partial charge on any atom is 0.246 e. The Balaban J connectivity index is 1.34. The minimum Gasteiger partial charge on any atom is -0.343 e. The number of hydrogen-bond donors (Lipinski definition) is 4. The Labute approximate surface area is 273 Å². The molecule has 8 nitrogen and oxygen atoms in total. The van der Waals surface area contributed by atoms with E-state index >= 15 is 0 Å². The smallest absolute Gasteiger partial charge is 0.246 e. The average molecular weight is 624 g/mol. The number of carbonyl (C=O) groups is 3. The number of fused-ring (bicyclic) bond motifs is 1. The molecule has 0 radical (unpaired) electrons. The Morgan fingerprint density at radius 3 is 2.20 bits per heavy atom. The molecule has 2 aliphatic rings. The van der Waals surface area contributed by atoms with Crippen molar-refractivity contribution < 1.29 is 14.4 Å². The average Bonchev–Trinajstić information content (AvgIpc) is 3.46. The van der Waals surface area contributed by atoms with Crippen LogP contribution in [0.5, 0.6) is 0 Å². The summed E-state index contributed by atoms with van der Waals surface area (Å²) in [6.45, 7) is 5.52. The van der Waals surface area contributed by atoms with E-state index in [0.29, 0.717) is 12.8 Å². The molecule has 3 aromatic rings. The van der Waals surface area contributed by atoms with Crippen LogP contribution in [-0.2, 0) is 20.9 Å². The van der Waals surface area contributed by atoms with E-state index in [-0.39, 0.29) is 41.8 Å². The topological polar surface area (TPSA) is 103 Å². The molecule has 0 bridgehead atoms. The van der Waals surface area contributed by atoms with Crippen LogP contribution in [0.25, 0.3) is 0 Å². The monoisotopic (exact) mass is 623 g/mol. The van der Waals surface area contributed by atoms with Crippen LogP contribution in [-0.4, -0.2) is 60.4 Å². The SMILES string of the molecule is CCC(NC)C(=O)NC1C(=O)N2C(CCC1CCNCc1cccc(C)c1)CCC2C(=O)NC(c1ccccc1)c1ccccc1. The molecular formula is C38H49N5O3. The first-order valence-electron chi connectivity index (χ1n) is 16.9. The van der Waals surface area contributed by atoms with Crippen LogP contribution in [0, 0.1) is 12.8 Å². The highest BCUT2D eigenvalue weighted by Crippen LogP contribution is 2.36. The molecule has 2 heterocycles. The van der Waals surface area contributed by atoms with Gasteiger partial charge in [-0.2, -0.15) is 0 Å². The normalized spacial score (nSPS) is 21.8. The lowest BCUT2D eigenvalue weighted by molar-refractivity contribution is -0.143. The van der Waals surface area contributed by atoms with Gasteiger partial charge in [0.05, 0.1) is 12.1 Å². The molecule has 46 heavy (non-hydrogen) atoms. The first-order valence-corrected chi connectivity index (χ1v) is 16.9. The summed E-state index contributed by atoms with van der Waals surface area (Å²) >= 11 is 0. The van der Waals surface area contributed by atoms with Crippen LogP contribution >= 0.6 is 0 Å². The molecule has 244 valence electrons. The second-order valence-corrected chi connectivity index (χ2v) is 12.8. The van der Waals surface area contributed by atoms with Crippen molar-refractivity contribution in [2.45, 2.75) is 89.1 Å². The van der Waals surface area contributed by atoms with Crippen LogP contribution in [0.4, 0.5) is 0 Å². The van der Waals surface area contributed by atoms with Crippen molar-refractivity contribution >= 4 is 17.7 Å². The third kappa shape index (κ3) is 8.03. The summed E-state index contributed by atoms with van der Waals surface area (Å²) in [6.07, 6.45) is 4.37. The number of nitrogens with one attached hydrogen (secondary N) is 4. The third-order valence-electron chi connectivity index (χ3n) is 9.69. The van der Waals surface area contributed by atoms with Gasteiger partial charge in [0, 0.05) is 12.6 Å². The van der Waals surface area contributed by atoms with E-state index in [0.717, 1.165) is 49.9 Å².